The minimum absolute atomic E-state index is 0.0207. The predicted molar refractivity (Wildman–Crippen MR) is 64.3 cm³/mol. The number of aliphatic carboxylic acids is 1. The van der Waals surface area contributed by atoms with Gasteiger partial charge in [0, 0.05) is 12.6 Å². The number of carbonyl (C=O) groups excluding carboxylic acids is 1. The minimum atomic E-state index is -0.903. The van der Waals surface area contributed by atoms with Crippen molar-refractivity contribution in [3.8, 4) is 0 Å². The first-order valence-electron chi connectivity index (χ1n) is 5.68. The summed E-state index contributed by atoms with van der Waals surface area (Å²) in [7, 11) is 0. The van der Waals surface area contributed by atoms with Gasteiger partial charge < -0.3 is 14.9 Å². The quantitative estimate of drug-likeness (QED) is 0.622. The zero-order valence-electron chi connectivity index (χ0n) is 10.4. The highest BCUT2D eigenvalue weighted by atomic mass is 16.5. The lowest BCUT2D eigenvalue weighted by Gasteiger charge is -2.02. The summed E-state index contributed by atoms with van der Waals surface area (Å²) in [5, 5.41) is 17.4. The molecule has 0 atom stereocenters. The van der Waals surface area contributed by atoms with E-state index in [1.165, 1.54) is 0 Å². The Bertz CT molecular complexity index is 414. The Morgan fingerprint density at radius 2 is 2.22 bits per heavy atom. The lowest BCUT2D eigenvalue weighted by molar-refractivity contribution is -0.137. The molecule has 1 heterocycles. The SMILES string of the molecule is CC(C)c1cc(NC(=O)CNCCC(=O)O)on1. The number of amides is 1. The third-order valence-electron chi connectivity index (χ3n) is 2.18. The molecule has 7 nitrogen and oxygen atoms in total. The molecule has 0 aliphatic heterocycles. The van der Waals surface area contributed by atoms with Crippen LogP contribution < -0.4 is 10.6 Å². The highest BCUT2D eigenvalue weighted by Crippen LogP contribution is 2.16. The highest BCUT2D eigenvalue weighted by molar-refractivity contribution is 5.90. The van der Waals surface area contributed by atoms with Gasteiger partial charge >= 0.3 is 5.97 Å². The van der Waals surface area contributed by atoms with Gasteiger partial charge in [0.1, 0.15) is 0 Å². The average Bonchev–Trinajstić information content (AvgIpc) is 2.72. The van der Waals surface area contributed by atoms with E-state index in [4.69, 9.17) is 9.63 Å². The molecular weight excluding hydrogens is 238 g/mol. The Morgan fingerprint density at radius 1 is 1.50 bits per heavy atom. The maximum absolute atomic E-state index is 11.4. The molecule has 1 aromatic rings. The molecule has 0 aliphatic rings. The monoisotopic (exact) mass is 255 g/mol. The molecule has 1 aromatic heterocycles. The molecule has 0 saturated carbocycles. The van der Waals surface area contributed by atoms with E-state index in [1.54, 1.807) is 6.07 Å². The molecule has 1 rings (SSSR count). The fourth-order valence-corrected chi connectivity index (χ4v) is 1.20. The normalized spacial score (nSPS) is 10.6. The zero-order chi connectivity index (χ0) is 13.5. The predicted octanol–water partition coefficient (Wildman–Crippen LogP) is 0.801. The molecule has 7 heteroatoms. The number of anilines is 1. The summed E-state index contributed by atoms with van der Waals surface area (Å²) >= 11 is 0. The molecule has 0 saturated heterocycles. The van der Waals surface area contributed by atoms with Crippen molar-refractivity contribution < 1.29 is 19.2 Å². The summed E-state index contributed by atoms with van der Waals surface area (Å²) in [5.41, 5.74) is 0.768. The molecular formula is C11H17N3O4. The molecule has 0 bridgehead atoms. The molecule has 0 unspecified atom stereocenters. The number of carbonyl (C=O) groups is 2. The fraction of sp³-hybridized carbons (Fsp3) is 0.545. The van der Waals surface area contributed by atoms with Gasteiger partial charge in [-0.25, -0.2) is 0 Å². The summed E-state index contributed by atoms with van der Waals surface area (Å²) in [6, 6.07) is 1.67. The Hall–Kier alpha value is -1.89. The van der Waals surface area contributed by atoms with Gasteiger partial charge in [-0.3, -0.25) is 14.9 Å². The van der Waals surface area contributed by atoms with Crippen molar-refractivity contribution in [2.24, 2.45) is 0 Å². The number of carboxylic acids is 1. The topological polar surface area (TPSA) is 104 Å². The van der Waals surface area contributed by atoms with Crippen molar-refractivity contribution in [2.75, 3.05) is 18.4 Å². The van der Waals surface area contributed by atoms with E-state index in [0.717, 1.165) is 5.69 Å². The first-order chi connectivity index (χ1) is 8.49. The summed E-state index contributed by atoms with van der Waals surface area (Å²) in [6.07, 6.45) is -0.0207. The van der Waals surface area contributed by atoms with Crippen LogP contribution in [0.2, 0.25) is 0 Å². The van der Waals surface area contributed by atoms with Gasteiger partial charge in [-0.1, -0.05) is 19.0 Å². The second-order valence-corrected chi connectivity index (χ2v) is 4.14. The highest BCUT2D eigenvalue weighted by Gasteiger charge is 2.10. The summed E-state index contributed by atoms with van der Waals surface area (Å²) < 4.78 is 4.94. The molecule has 1 amide bonds. The van der Waals surface area contributed by atoms with Crippen LogP contribution in [-0.2, 0) is 9.59 Å². The lowest BCUT2D eigenvalue weighted by Crippen LogP contribution is -2.29. The van der Waals surface area contributed by atoms with Crippen LogP contribution >= 0.6 is 0 Å². The van der Waals surface area contributed by atoms with Gasteiger partial charge in [0.15, 0.2) is 0 Å². The van der Waals surface area contributed by atoms with Gasteiger partial charge in [-0.05, 0) is 5.92 Å². The van der Waals surface area contributed by atoms with E-state index in [1.807, 2.05) is 13.8 Å². The zero-order valence-corrected chi connectivity index (χ0v) is 10.4. The van der Waals surface area contributed by atoms with Crippen molar-refractivity contribution in [3.05, 3.63) is 11.8 Å². The van der Waals surface area contributed by atoms with Crippen LogP contribution in [0.4, 0.5) is 5.88 Å². The average molecular weight is 255 g/mol. The molecule has 0 aromatic carbocycles. The molecule has 0 aliphatic carbocycles. The van der Waals surface area contributed by atoms with E-state index in [-0.39, 0.29) is 31.3 Å². The van der Waals surface area contributed by atoms with Crippen molar-refractivity contribution in [1.29, 1.82) is 0 Å². The van der Waals surface area contributed by atoms with Gasteiger partial charge in [0.25, 0.3) is 0 Å². The maximum Gasteiger partial charge on any atom is 0.304 e. The molecule has 0 radical (unpaired) electrons. The Kier molecular flexibility index (Phi) is 5.31. The standard InChI is InChI=1S/C11H17N3O4/c1-7(2)8-5-10(18-14-8)13-9(15)6-12-4-3-11(16)17/h5,7,12H,3-4,6H2,1-2H3,(H,13,15)(H,16,17). The summed E-state index contributed by atoms with van der Waals surface area (Å²) in [6.45, 7) is 4.22. The van der Waals surface area contributed by atoms with Gasteiger partial charge in [-0.2, -0.15) is 0 Å². The van der Waals surface area contributed by atoms with Crippen molar-refractivity contribution in [1.82, 2.24) is 10.5 Å². The van der Waals surface area contributed by atoms with Crippen LogP contribution in [0.15, 0.2) is 10.6 Å². The molecule has 0 fully saturated rings. The smallest absolute Gasteiger partial charge is 0.304 e. The second kappa shape index (κ2) is 6.75. The molecule has 0 spiro atoms. The number of hydrogen-bond donors (Lipinski definition) is 3. The largest absolute Gasteiger partial charge is 0.481 e. The second-order valence-electron chi connectivity index (χ2n) is 4.14. The third kappa shape index (κ3) is 4.96. The minimum Gasteiger partial charge on any atom is -0.481 e. The Morgan fingerprint density at radius 3 is 2.78 bits per heavy atom. The first kappa shape index (κ1) is 14.2. The number of nitrogens with zero attached hydrogens (tertiary/aromatic N) is 1. The number of nitrogens with one attached hydrogen (secondary N) is 2. The summed E-state index contributed by atoms with van der Waals surface area (Å²) in [5.74, 6) is -0.677. The number of aromatic nitrogens is 1. The lowest BCUT2D eigenvalue weighted by atomic mass is 10.1. The van der Waals surface area contributed by atoms with Gasteiger partial charge in [0.05, 0.1) is 18.7 Å². The Labute approximate surface area is 105 Å². The molecule has 18 heavy (non-hydrogen) atoms. The van der Waals surface area contributed by atoms with E-state index in [9.17, 15) is 9.59 Å². The van der Waals surface area contributed by atoms with Crippen LogP contribution in [0.1, 0.15) is 31.9 Å². The van der Waals surface area contributed by atoms with Crippen molar-refractivity contribution in [2.45, 2.75) is 26.2 Å². The van der Waals surface area contributed by atoms with E-state index < -0.39 is 5.97 Å². The molecule has 3 N–H and O–H groups in total. The van der Waals surface area contributed by atoms with Gasteiger partial charge in [-0.15, -0.1) is 0 Å². The van der Waals surface area contributed by atoms with Crippen LogP contribution in [-0.4, -0.2) is 35.2 Å². The van der Waals surface area contributed by atoms with Gasteiger partial charge in [0.2, 0.25) is 11.8 Å². The number of carboxylic acid groups (broad SMARTS) is 1. The van der Waals surface area contributed by atoms with Crippen LogP contribution in [0, 0.1) is 0 Å². The fourth-order valence-electron chi connectivity index (χ4n) is 1.20. The van der Waals surface area contributed by atoms with Crippen LogP contribution in [0.5, 0.6) is 0 Å². The maximum atomic E-state index is 11.4. The Balaban J connectivity index is 2.28. The van der Waals surface area contributed by atoms with Crippen LogP contribution in [0.3, 0.4) is 0 Å². The van der Waals surface area contributed by atoms with E-state index in [0.29, 0.717) is 5.88 Å². The van der Waals surface area contributed by atoms with Crippen molar-refractivity contribution in [3.63, 3.8) is 0 Å². The number of rotatable bonds is 7. The summed E-state index contributed by atoms with van der Waals surface area (Å²) in [4.78, 5) is 21.7. The van der Waals surface area contributed by atoms with E-state index in [2.05, 4.69) is 15.8 Å². The van der Waals surface area contributed by atoms with Crippen LogP contribution in [0.25, 0.3) is 0 Å². The van der Waals surface area contributed by atoms with E-state index >= 15 is 0 Å². The number of hydrogen-bond acceptors (Lipinski definition) is 5. The first-order valence-corrected chi connectivity index (χ1v) is 5.68. The third-order valence-corrected chi connectivity index (χ3v) is 2.18. The van der Waals surface area contributed by atoms with Crippen molar-refractivity contribution >= 4 is 17.8 Å². The molecule has 100 valence electrons.